The van der Waals surface area contributed by atoms with Gasteiger partial charge in [-0.1, -0.05) is 6.07 Å². The molecule has 0 spiro atoms. The van der Waals surface area contributed by atoms with Crippen molar-refractivity contribution >= 4 is 5.97 Å². The number of carbonyl (C=O) groups excluding carboxylic acids is 1. The van der Waals surface area contributed by atoms with Crippen LogP contribution < -0.4 is 0 Å². The second kappa shape index (κ2) is 5.14. The van der Waals surface area contributed by atoms with Crippen LogP contribution in [-0.4, -0.2) is 18.1 Å². The van der Waals surface area contributed by atoms with E-state index in [1.54, 1.807) is 13.0 Å². The smallest absolute Gasteiger partial charge is 0.340 e. The van der Waals surface area contributed by atoms with Crippen molar-refractivity contribution in [1.29, 1.82) is 0 Å². The molecule has 3 nitrogen and oxygen atoms in total. The summed E-state index contributed by atoms with van der Waals surface area (Å²) in [6, 6.07) is 5.54. The number of rotatable bonds is 2. The van der Waals surface area contributed by atoms with Crippen molar-refractivity contribution in [3.05, 3.63) is 53.2 Å². The fourth-order valence-electron chi connectivity index (χ4n) is 1.71. The highest BCUT2D eigenvalue weighted by atomic mass is 19.1. The first kappa shape index (κ1) is 13.1. The van der Waals surface area contributed by atoms with E-state index in [2.05, 4.69) is 9.72 Å². The minimum atomic E-state index is -0.892. The molecular formula is C14H11F2NO2. The highest BCUT2D eigenvalue weighted by molar-refractivity contribution is 5.90. The Morgan fingerprint density at radius 2 is 2.00 bits per heavy atom. The number of aromatic nitrogens is 1. The number of ether oxygens (including phenoxy) is 1. The summed E-state index contributed by atoms with van der Waals surface area (Å²) in [6.45, 7) is 1.72. The van der Waals surface area contributed by atoms with Crippen LogP contribution in [0, 0.1) is 18.6 Å². The van der Waals surface area contributed by atoms with Crippen LogP contribution >= 0.6 is 0 Å². The van der Waals surface area contributed by atoms with E-state index >= 15 is 0 Å². The van der Waals surface area contributed by atoms with Gasteiger partial charge in [-0.15, -0.1) is 0 Å². The molecule has 19 heavy (non-hydrogen) atoms. The molecule has 0 saturated heterocycles. The second-order valence-electron chi connectivity index (χ2n) is 4.00. The van der Waals surface area contributed by atoms with Crippen LogP contribution in [0.1, 0.15) is 15.9 Å². The Morgan fingerprint density at radius 3 is 2.63 bits per heavy atom. The lowest BCUT2D eigenvalue weighted by Crippen LogP contribution is -2.07. The van der Waals surface area contributed by atoms with E-state index in [4.69, 9.17) is 0 Å². The molecule has 0 aliphatic carbocycles. The van der Waals surface area contributed by atoms with Gasteiger partial charge in [0.25, 0.3) is 0 Å². The maximum Gasteiger partial charge on any atom is 0.340 e. The summed E-state index contributed by atoms with van der Waals surface area (Å²) < 4.78 is 32.4. The largest absolute Gasteiger partial charge is 0.465 e. The third-order valence-electron chi connectivity index (χ3n) is 2.67. The number of hydrogen-bond donors (Lipinski definition) is 0. The fraction of sp³-hybridized carbons (Fsp3) is 0.143. The van der Waals surface area contributed by atoms with Crippen molar-refractivity contribution in [3.63, 3.8) is 0 Å². The monoisotopic (exact) mass is 263 g/mol. The summed E-state index contributed by atoms with van der Waals surface area (Å²) >= 11 is 0. The van der Waals surface area contributed by atoms with Crippen molar-refractivity contribution < 1.29 is 18.3 Å². The van der Waals surface area contributed by atoms with E-state index in [1.165, 1.54) is 24.4 Å². The van der Waals surface area contributed by atoms with Crippen molar-refractivity contribution in [2.75, 3.05) is 7.11 Å². The molecular weight excluding hydrogens is 252 g/mol. The molecule has 1 aromatic carbocycles. The average Bonchev–Trinajstić information content (AvgIpc) is 2.39. The Bertz CT molecular complexity index is 641. The minimum Gasteiger partial charge on any atom is -0.465 e. The van der Waals surface area contributed by atoms with E-state index in [0.29, 0.717) is 5.56 Å². The Morgan fingerprint density at radius 1 is 1.26 bits per heavy atom. The van der Waals surface area contributed by atoms with Gasteiger partial charge in [-0.3, -0.25) is 4.98 Å². The summed E-state index contributed by atoms with van der Waals surface area (Å²) in [6.07, 6.45) is 1.24. The predicted octanol–water partition coefficient (Wildman–Crippen LogP) is 3.12. The zero-order valence-electron chi connectivity index (χ0n) is 10.4. The van der Waals surface area contributed by atoms with Gasteiger partial charge >= 0.3 is 5.97 Å². The molecule has 0 unspecified atom stereocenters. The van der Waals surface area contributed by atoms with Crippen molar-refractivity contribution in [1.82, 2.24) is 4.98 Å². The molecule has 0 radical (unpaired) electrons. The molecule has 2 rings (SSSR count). The number of methoxy groups -OCH3 is 1. The molecule has 0 N–H and O–H groups in total. The van der Waals surface area contributed by atoms with Gasteiger partial charge in [0.2, 0.25) is 0 Å². The third kappa shape index (κ3) is 2.45. The van der Waals surface area contributed by atoms with Crippen molar-refractivity contribution in [2.24, 2.45) is 0 Å². The Kier molecular flexibility index (Phi) is 3.55. The lowest BCUT2D eigenvalue weighted by Gasteiger charge is -2.07. The van der Waals surface area contributed by atoms with Gasteiger partial charge in [0.1, 0.15) is 11.5 Å². The van der Waals surface area contributed by atoms with Crippen molar-refractivity contribution in [2.45, 2.75) is 6.92 Å². The van der Waals surface area contributed by atoms with E-state index in [-0.39, 0.29) is 16.8 Å². The predicted molar refractivity (Wildman–Crippen MR) is 65.7 cm³/mol. The van der Waals surface area contributed by atoms with Crippen LogP contribution in [0.15, 0.2) is 30.5 Å². The quantitative estimate of drug-likeness (QED) is 0.781. The summed E-state index contributed by atoms with van der Waals surface area (Å²) in [5, 5.41) is 0. The van der Waals surface area contributed by atoms with Crippen LogP contribution in [0.2, 0.25) is 0 Å². The van der Waals surface area contributed by atoms with Gasteiger partial charge in [0.15, 0.2) is 5.82 Å². The maximum atomic E-state index is 14.1. The van der Waals surface area contributed by atoms with Crippen LogP contribution in [0.5, 0.6) is 0 Å². The topological polar surface area (TPSA) is 39.2 Å². The first-order valence-corrected chi connectivity index (χ1v) is 5.54. The molecule has 0 bridgehead atoms. The molecule has 0 aliphatic rings. The molecule has 0 fully saturated rings. The molecule has 0 aliphatic heterocycles. The Balaban J connectivity index is 2.60. The fourth-order valence-corrected chi connectivity index (χ4v) is 1.71. The van der Waals surface area contributed by atoms with Gasteiger partial charge in [0.05, 0.1) is 12.7 Å². The number of carbonyl (C=O) groups is 1. The zero-order valence-corrected chi connectivity index (χ0v) is 10.4. The van der Waals surface area contributed by atoms with Crippen molar-refractivity contribution in [3.8, 4) is 11.3 Å². The van der Waals surface area contributed by atoms with Crippen LogP contribution in [0.3, 0.4) is 0 Å². The van der Waals surface area contributed by atoms with E-state index in [1.807, 2.05) is 0 Å². The molecule has 0 saturated carbocycles. The molecule has 98 valence electrons. The maximum absolute atomic E-state index is 14.1. The summed E-state index contributed by atoms with van der Waals surface area (Å²) in [4.78, 5) is 15.2. The molecule has 0 atom stereocenters. The van der Waals surface area contributed by atoms with Gasteiger partial charge in [-0.2, -0.15) is 0 Å². The number of esters is 1. The molecule has 1 aromatic heterocycles. The summed E-state index contributed by atoms with van der Waals surface area (Å²) in [5.74, 6) is -2.31. The molecule has 2 aromatic rings. The van der Waals surface area contributed by atoms with Crippen LogP contribution in [0.25, 0.3) is 11.3 Å². The minimum absolute atomic E-state index is 0.00820. The van der Waals surface area contributed by atoms with E-state index < -0.39 is 17.6 Å². The third-order valence-corrected chi connectivity index (χ3v) is 2.67. The first-order chi connectivity index (χ1) is 9.04. The van der Waals surface area contributed by atoms with E-state index in [9.17, 15) is 13.6 Å². The Hall–Kier alpha value is -2.30. The highest BCUT2D eigenvalue weighted by Crippen LogP contribution is 2.26. The summed E-state index contributed by atoms with van der Waals surface area (Å²) in [5.41, 5.74) is 0.243. The van der Waals surface area contributed by atoms with Gasteiger partial charge < -0.3 is 4.74 Å². The number of hydrogen-bond acceptors (Lipinski definition) is 3. The lowest BCUT2D eigenvalue weighted by atomic mass is 10.1. The average molecular weight is 263 g/mol. The lowest BCUT2D eigenvalue weighted by molar-refractivity contribution is 0.0595. The second-order valence-corrected chi connectivity index (χ2v) is 4.00. The molecule has 1 heterocycles. The molecule has 0 amide bonds. The Labute approximate surface area is 108 Å². The number of aryl methyl sites for hydroxylation is 1. The zero-order chi connectivity index (χ0) is 14.0. The van der Waals surface area contributed by atoms with E-state index in [0.717, 1.165) is 7.11 Å². The SMILES string of the molecule is COC(=O)c1ccnc(-c2ccc(C)cc2F)c1F. The molecule has 5 heteroatoms. The number of nitrogens with zero attached hydrogens (tertiary/aromatic N) is 1. The standard InChI is InChI=1S/C14H11F2NO2/c1-8-3-4-9(11(15)7-8)13-12(16)10(5-6-17-13)14(18)19-2/h3-7H,1-2H3. The normalized spacial score (nSPS) is 10.3. The van der Waals surface area contributed by atoms with Crippen LogP contribution in [0.4, 0.5) is 8.78 Å². The van der Waals surface area contributed by atoms with Gasteiger partial charge in [-0.25, -0.2) is 13.6 Å². The summed E-state index contributed by atoms with van der Waals surface area (Å²) in [7, 11) is 1.15. The first-order valence-electron chi connectivity index (χ1n) is 5.54. The van der Waals surface area contributed by atoms with Crippen LogP contribution in [-0.2, 0) is 4.74 Å². The van der Waals surface area contributed by atoms with Gasteiger partial charge in [-0.05, 0) is 30.7 Å². The number of halogens is 2. The number of pyridine rings is 1. The highest BCUT2D eigenvalue weighted by Gasteiger charge is 2.19. The number of benzene rings is 1. The van der Waals surface area contributed by atoms with Gasteiger partial charge in [0, 0.05) is 11.8 Å².